The summed E-state index contributed by atoms with van der Waals surface area (Å²) in [4.78, 5) is 12.9. The molecule has 1 aliphatic heterocycles. The number of ether oxygens (including phenoxy) is 1. The highest BCUT2D eigenvalue weighted by Gasteiger charge is 2.21. The van der Waals surface area contributed by atoms with E-state index in [1.165, 1.54) is 0 Å². The number of nitrogens with one attached hydrogen (secondary N) is 1. The number of aromatic amines is 1. The van der Waals surface area contributed by atoms with Crippen LogP contribution >= 0.6 is 0 Å². The molecule has 0 unspecified atom stereocenters. The molecular weight excluding hydrogens is 342 g/mol. The molecule has 7 heteroatoms. The van der Waals surface area contributed by atoms with Crippen molar-refractivity contribution in [3.05, 3.63) is 52.2 Å². The van der Waals surface area contributed by atoms with Crippen LogP contribution in [0.2, 0.25) is 0 Å². The summed E-state index contributed by atoms with van der Waals surface area (Å²) in [5.74, 6) is 0.378. The fourth-order valence-electron chi connectivity index (χ4n) is 3.98. The van der Waals surface area contributed by atoms with Crippen LogP contribution in [0, 0.1) is 6.92 Å². The number of benzene rings is 1. The molecule has 1 saturated heterocycles. The largest absolute Gasteiger partial charge is 0.381 e. The maximum atomic E-state index is 12.9. The summed E-state index contributed by atoms with van der Waals surface area (Å²) in [6.07, 6.45) is 3.75. The number of fused-ring (bicyclic) bond motifs is 3. The Balaban J connectivity index is 1.77. The second-order valence-corrected chi connectivity index (χ2v) is 7.23. The molecule has 0 saturated carbocycles. The molecule has 5 rings (SSSR count). The van der Waals surface area contributed by atoms with Crippen LogP contribution in [0.4, 0.5) is 0 Å². The van der Waals surface area contributed by atoms with E-state index in [2.05, 4.69) is 10.2 Å². The Kier molecular flexibility index (Phi) is 3.65. The van der Waals surface area contributed by atoms with E-state index >= 15 is 0 Å². The maximum absolute atomic E-state index is 12.9. The van der Waals surface area contributed by atoms with Crippen LogP contribution in [-0.2, 0) is 11.8 Å². The molecule has 0 radical (unpaired) electrons. The van der Waals surface area contributed by atoms with Crippen LogP contribution in [0.3, 0.4) is 0 Å². The van der Waals surface area contributed by atoms with Gasteiger partial charge >= 0.3 is 0 Å². The Morgan fingerprint density at radius 1 is 1.22 bits per heavy atom. The van der Waals surface area contributed by atoms with Crippen LogP contribution < -0.4 is 5.56 Å². The minimum atomic E-state index is -0.00797. The van der Waals surface area contributed by atoms with Crippen molar-refractivity contribution in [3.8, 4) is 11.1 Å². The predicted octanol–water partition coefficient (Wildman–Crippen LogP) is 2.78. The van der Waals surface area contributed by atoms with Crippen LogP contribution in [0.5, 0.6) is 0 Å². The lowest BCUT2D eigenvalue weighted by Crippen LogP contribution is -2.19. The molecule has 0 amide bonds. The van der Waals surface area contributed by atoms with Gasteiger partial charge in [-0.1, -0.05) is 6.07 Å². The molecule has 1 N–H and O–H groups in total. The molecule has 4 heterocycles. The fourth-order valence-corrected chi connectivity index (χ4v) is 3.98. The summed E-state index contributed by atoms with van der Waals surface area (Å²) < 4.78 is 9.06. The van der Waals surface area contributed by atoms with Crippen molar-refractivity contribution in [1.82, 2.24) is 24.4 Å². The van der Waals surface area contributed by atoms with E-state index in [0.29, 0.717) is 11.3 Å². The van der Waals surface area contributed by atoms with Gasteiger partial charge in [0.2, 0.25) is 0 Å². The standard InChI is InChI=1S/C20H21N5O2/c1-12-16(11-21-22-12)14-3-4-15-18(9-14)25-19(24(2)20(15)26)10-17(23-25)13-5-7-27-8-6-13/h3-4,9-11,13H,5-8H2,1-2H3,(H,21,22). The van der Waals surface area contributed by atoms with E-state index in [4.69, 9.17) is 9.84 Å². The van der Waals surface area contributed by atoms with Crippen molar-refractivity contribution in [1.29, 1.82) is 0 Å². The quantitative estimate of drug-likeness (QED) is 0.594. The second-order valence-electron chi connectivity index (χ2n) is 7.23. The topological polar surface area (TPSA) is 77.2 Å². The number of hydrogen-bond donors (Lipinski definition) is 1. The molecule has 1 fully saturated rings. The van der Waals surface area contributed by atoms with Gasteiger partial charge in [0.1, 0.15) is 5.65 Å². The van der Waals surface area contributed by atoms with Crippen LogP contribution in [0.25, 0.3) is 27.7 Å². The van der Waals surface area contributed by atoms with E-state index in [1.807, 2.05) is 41.9 Å². The lowest BCUT2D eigenvalue weighted by atomic mass is 9.97. The lowest BCUT2D eigenvalue weighted by Gasteiger charge is -2.19. The highest BCUT2D eigenvalue weighted by Crippen LogP contribution is 2.29. The predicted molar refractivity (Wildman–Crippen MR) is 103 cm³/mol. The Morgan fingerprint density at radius 3 is 2.78 bits per heavy atom. The fraction of sp³-hybridized carbons (Fsp3) is 0.350. The highest BCUT2D eigenvalue weighted by molar-refractivity contribution is 5.86. The van der Waals surface area contributed by atoms with Crippen molar-refractivity contribution < 1.29 is 4.74 Å². The minimum absolute atomic E-state index is 0.00797. The Labute approximate surface area is 155 Å². The van der Waals surface area contributed by atoms with Crippen molar-refractivity contribution in [3.63, 3.8) is 0 Å². The minimum Gasteiger partial charge on any atom is -0.381 e. The van der Waals surface area contributed by atoms with Crippen LogP contribution in [-0.4, -0.2) is 37.6 Å². The molecule has 0 aliphatic carbocycles. The van der Waals surface area contributed by atoms with Crippen molar-refractivity contribution in [2.45, 2.75) is 25.7 Å². The lowest BCUT2D eigenvalue weighted by molar-refractivity contribution is 0.0844. The zero-order chi connectivity index (χ0) is 18.5. The average Bonchev–Trinajstić information content (AvgIpc) is 3.33. The van der Waals surface area contributed by atoms with Crippen LogP contribution in [0.1, 0.15) is 30.1 Å². The number of rotatable bonds is 2. The molecule has 0 atom stereocenters. The Bertz CT molecular complexity index is 1210. The van der Waals surface area contributed by atoms with Crippen molar-refractivity contribution >= 4 is 16.6 Å². The van der Waals surface area contributed by atoms with Crippen LogP contribution in [0.15, 0.2) is 35.3 Å². The first-order chi connectivity index (χ1) is 13.1. The van der Waals surface area contributed by atoms with Crippen molar-refractivity contribution in [2.75, 3.05) is 13.2 Å². The monoisotopic (exact) mass is 363 g/mol. The van der Waals surface area contributed by atoms with Gasteiger partial charge < -0.3 is 4.74 Å². The van der Waals surface area contributed by atoms with Gasteiger partial charge in [0, 0.05) is 43.5 Å². The molecule has 7 nitrogen and oxygen atoms in total. The third kappa shape index (κ3) is 2.49. The summed E-state index contributed by atoms with van der Waals surface area (Å²) in [6, 6.07) is 7.93. The number of nitrogens with zero attached hydrogens (tertiary/aromatic N) is 4. The Morgan fingerprint density at radius 2 is 2.04 bits per heavy atom. The molecule has 27 heavy (non-hydrogen) atoms. The van der Waals surface area contributed by atoms with Gasteiger partial charge in [-0.25, -0.2) is 4.52 Å². The van der Waals surface area contributed by atoms with Gasteiger partial charge in [-0.2, -0.15) is 10.2 Å². The zero-order valence-corrected chi connectivity index (χ0v) is 15.4. The van der Waals surface area contributed by atoms with E-state index in [-0.39, 0.29) is 5.56 Å². The summed E-state index contributed by atoms with van der Waals surface area (Å²) in [5, 5.41) is 12.6. The summed E-state index contributed by atoms with van der Waals surface area (Å²) in [5.41, 5.74) is 5.71. The number of hydrogen-bond acceptors (Lipinski definition) is 4. The summed E-state index contributed by atoms with van der Waals surface area (Å²) in [6.45, 7) is 3.52. The molecular formula is C20H21N5O2. The smallest absolute Gasteiger partial charge is 0.261 e. The number of aromatic nitrogens is 5. The van der Waals surface area contributed by atoms with Crippen molar-refractivity contribution in [2.24, 2.45) is 7.05 Å². The summed E-state index contributed by atoms with van der Waals surface area (Å²) >= 11 is 0. The zero-order valence-electron chi connectivity index (χ0n) is 15.4. The third-order valence-electron chi connectivity index (χ3n) is 5.59. The second kappa shape index (κ2) is 6.06. The third-order valence-corrected chi connectivity index (χ3v) is 5.59. The van der Waals surface area contributed by atoms with E-state index in [1.54, 1.807) is 11.6 Å². The molecule has 3 aromatic heterocycles. The van der Waals surface area contributed by atoms with Gasteiger partial charge in [-0.05, 0) is 37.5 Å². The SMILES string of the molecule is Cc1[nH]ncc1-c1ccc2c(=O)n(C)c3cc(C4CCOCC4)nn3c2c1. The normalized spacial score (nSPS) is 15.8. The maximum Gasteiger partial charge on any atom is 0.261 e. The van der Waals surface area contributed by atoms with E-state index in [9.17, 15) is 4.79 Å². The van der Waals surface area contributed by atoms with Gasteiger partial charge in [-0.15, -0.1) is 0 Å². The Hall–Kier alpha value is -2.93. The van der Waals surface area contributed by atoms with Gasteiger partial charge in [0.15, 0.2) is 0 Å². The molecule has 0 spiro atoms. The van der Waals surface area contributed by atoms with Gasteiger partial charge in [-0.3, -0.25) is 14.5 Å². The first kappa shape index (κ1) is 16.3. The number of H-pyrrole nitrogens is 1. The summed E-state index contributed by atoms with van der Waals surface area (Å²) in [7, 11) is 1.81. The molecule has 4 aromatic rings. The van der Waals surface area contributed by atoms with E-state index in [0.717, 1.165) is 59.7 Å². The van der Waals surface area contributed by atoms with Gasteiger partial charge in [0.05, 0.1) is 22.8 Å². The van der Waals surface area contributed by atoms with E-state index < -0.39 is 0 Å². The molecule has 1 aliphatic rings. The molecule has 1 aromatic carbocycles. The number of aryl methyl sites for hydroxylation is 2. The highest BCUT2D eigenvalue weighted by atomic mass is 16.5. The average molecular weight is 363 g/mol. The molecule has 138 valence electrons. The molecule has 0 bridgehead atoms. The van der Waals surface area contributed by atoms with Gasteiger partial charge in [0.25, 0.3) is 5.56 Å². The first-order valence-electron chi connectivity index (χ1n) is 9.24. The first-order valence-corrected chi connectivity index (χ1v) is 9.24.